The van der Waals surface area contributed by atoms with Crippen LogP contribution in [0.5, 0.6) is 0 Å². The fourth-order valence-electron chi connectivity index (χ4n) is 1.65. The minimum atomic E-state index is -0.298. The lowest BCUT2D eigenvalue weighted by molar-refractivity contribution is 0.0997. The highest BCUT2D eigenvalue weighted by molar-refractivity contribution is 7.07. The number of thiazole rings is 1. The van der Waals surface area contributed by atoms with E-state index in [-0.39, 0.29) is 5.91 Å². The Balaban J connectivity index is 1.89. The zero-order valence-electron chi connectivity index (χ0n) is 10.7. The van der Waals surface area contributed by atoms with Crippen molar-refractivity contribution < 1.29 is 4.79 Å². The fourth-order valence-corrected chi connectivity index (χ4v) is 2.37. The number of rotatable bonds is 2. The van der Waals surface area contributed by atoms with Crippen LogP contribution in [0.3, 0.4) is 0 Å². The van der Waals surface area contributed by atoms with Crippen molar-refractivity contribution in [2.75, 3.05) is 0 Å². The van der Waals surface area contributed by atoms with E-state index in [1.165, 1.54) is 17.5 Å². The molecular weight excluding hydrogens is 274 g/mol. The quantitative estimate of drug-likeness (QED) is 0.715. The maximum Gasteiger partial charge on any atom is 0.281 e. The number of pyridine rings is 1. The maximum atomic E-state index is 12.0. The first-order valence-electron chi connectivity index (χ1n) is 5.87. The molecule has 0 aliphatic rings. The third-order valence-corrected chi connectivity index (χ3v) is 3.57. The van der Waals surface area contributed by atoms with Crippen LogP contribution < -0.4 is 4.80 Å². The van der Waals surface area contributed by atoms with Gasteiger partial charge in [0.05, 0.1) is 5.56 Å². The van der Waals surface area contributed by atoms with E-state index in [0.717, 1.165) is 0 Å². The van der Waals surface area contributed by atoms with Crippen molar-refractivity contribution in [3.63, 3.8) is 0 Å². The molecule has 0 radical (unpaired) electrons. The molecule has 0 N–H and O–H groups in total. The summed E-state index contributed by atoms with van der Waals surface area (Å²) in [5.74, 6) is 0.411. The van der Waals surface area contributed by atoms with Gasteiger partial charge in [-0.25, -0.2) is 9.97 Å². The number of carbonyl (C=O) groups is 1. The molecule has 0 saturated carbocycles. The highest BCUT2D eigenvalue weighted by atomic mass is 32.1. The number of nitrogens with zero attached hydrogens (tertiary/aromatic N) is 5. The molecule has 100 valence electrons. The molecular formula is C13H11N5OS. The molecule has 3 aromatic heterocycles. The lowest BCUT2D eigenvalue weighted by Crippen LogP contribution is -2.12. The van der Waals surface area contributed by atoms with Crippen LogP contribution in [0.1, 0.15) is 10.4 Å². The van der Waals surface area contributed by atoms with Gasteiger partial charge >= 0.3 is 0 Å². The number of aromatic nitrogens is 4. The van der Waals surface area contributed by atoms with E-state index in [2.05, 4.69) is 15.0 Å². The molecule has 0 atom stereocenters. The molecule has 0 fully saturated rings. The van der Waals surface area contributed by atoms with E-state index in [1.54, 1.807) is 40.0 Å². The summed E-state index contributed by atoms with van der Waals surface area (Å²) in [4.78, 5) is 24.9. The molecule has 0 unspecified atom stereocenters. The first kappa shape index (κ1) is 12.5. The van der Waals surface area contributed by atoms with E-state index in [9.17, 15) is 4.79 Å². The van der Waals surface area contributed by atoms with Crippen molar-refractivity contribution >= 4 is 17.2 Å². The van der Waals surface area contributed by atoms with Gasteiger partial charge in [-0.3, -0.25) is 9.36 Å². The Kier molecular flexibility index (Phi) is 3.26. The first-order chi connectivity index (χ1) is 9.74. The van der Waals surface area contributed by atoms with Crippen molar-refractivity contribution in [1.29, 1.82) is 0 Å². The minimum Gasteiger partial charge on any atom is -0.327 e. The van der Waals surface area contributed by atoms with Crippen LogP contribution in [-0.4, -0.2) is 25.0 Å². The molecule has 1 amide bonds. The molecule has 0 spiro atoms. The zero-order valence-corrected chi connectivity index (χ0v) is 11.5. The Bertz CT molecular complexity index is 783. The van der Waals surface area contributed by atoms with E-state index in [0.29, 0.717) is 16.2 Å². The van der Waals surface area contributed by atoms with Gasteiger partial charge in [-0.2, -0.15) is 4.99 Å². The largest absolute Gasteiger partial charge is 0.327 e. The fraction of sp³-hybridized carbons (Fsp3) is 0.0769. The van der Waals surface area contributed by atoms with E-state index in [1.807, 2.05) is 18.6 Å². The molecule has 20 heavy (non-hydrogen) atoms. The monoisotopic (exact) mass is 285 g/mol. The van der Waals surface area contributed by atoms with Gasteiger partial charge in [0.1, 0.15) is 12.1 Å². The first-order valence-corrected chi connectivity index (χ1v) is 6.75. The van der Waals surface area contributed by atoms with Crippen LogP contribution in [0.15, 0.2) is 53.6 Å². The summed E-state index contributed by atoms with van der Waals surface area (Å²) in [6.45, 7) is 0. The average molecular weight is 285 g/mol. The summed E-state index contributed by atoms with van der Waals surface area (Å²) >= 11 is 1.42. The summed E-state index contributed by atoms with van der Waals surface area (Å²) in [6, 6.07) is 3.47. The highest BCUT2D eigenvalue weighted by Gasteiger charge is 2.06. The molecule has 0 aliphatic carbocycles. The van der Waals surface area contributed by atoms with E-state index in [4.69, 9.17) is 0 Å². The van der Waals surface area contributed by atoms with Gasteiger partial charge in [0.2, 0.25) is 0 Å². The number of amides is 1. The maximum absolute atomic E-state index is 12.0. The van der Waals surface area contributed by atoms with Crippen molar-refractivity contribution in [3.05, 3.63) is 59.0 Å². The lowest BCUT2D eigenvalue weighted by atomic mass is 10.3. The smallest absolute Gasteiger partial charge is 0.281 e. The SMILES string of the molecule is Cn1ccsc1=NC(=O)c1ccc(-n2ccnc2)nc1. The topological polar surface area (TPSA) is 65.1 Å². The number of carbonyl (C=O) groups excluding carboxylic acids is 1. The molecule has 0 aromatic carbocycles. The van der Waals surface area contributed by atoms with Gasteiger partial charge < -0.3 is 4.57 Å². The average Bonchev–Trinajstić information content (AvgIpc) is 3.12. The van der Waals surface area contributed by atoms with Gasteiger partial charge in [0, 0.05) is 37.2 Å². The molecule has 3 rings (SSSR count). The summed E-state index contributed by atoms with van der Waals surface area (Å²) in [6.07, 6.45) is 8.50. The summed E-state index contributed by atoms with van der Waals surface area (Å²) in [7, 11) is 1.85. The van der Waals surface area contributed by atoms with Crippen LogP contribution in [-0.2, 0) is 7.05 Å². The van der Waals surface area contributed by atoms with Crippen molar-refractivity contribution in [3.8, 4) is 5.82 Å². The molecule has 3 aromatic rings. The second-order valence-electron chi connectivity index (χ2n) is 4.09. The van der Waals surface area contributed by atoms with Crippen LogP contribution in [0, 0.1) is 0 Å². The summed E-state index contributed by atoms with van der Waals surface area (Å²) in [5.41, 5.74) is 0.460. The van der Waals surface area contributed by atoms with Gasteiger partial charge in [-0.1, -0.05) is 0 Å². The Morgan fingerprint density at radius 1 is 1.35 bits per heavy atom. The van der Waals surface area contributed by atoms with Crippen molar-refractivity contribution in [1.82, 2.24) is 19.1 Å². The Hall–Kier alpha value is -2.54. The van der Waals surface area contributed by atoms with Gasteiger partial charge in [0.25, 0.3) is 5.91 Å². The van der Waals surface area contributed by atoms with Crippen LogP contribution in [0.4, 0.5) is 0 Å². The van der Waals surface area contributed by atoms with Crippen molar-refractivity contribution in [2.45, 2.75) is 0 Å². The molecule has 0 aliphatic heterocycles. The summed E-state index contributed by atoms with van der Waals surface area (Å²) < 4.78 is 3.57. The molecule has 7 heteroatoms. The summed E-state index contributed by atoms with van der Waals surface area (Å²) in [5, 5.41) is 1.88. The molecule has 0 bridgehead atoms. The predicted octanol–water partition coefficient (Wildman–Crippen LogP) is 1.41. The zero-order chi connectivity index (χ0) is 13.9. The minimum absolute atomic E-state index is 0.298. The Morgan fingerprint density at radius 2 is 2.25 bits per heavy atom. The van der Waals surface area contributed by atoms with Crippen LogP contribution in [0.25, 0.3) is 5.82 Å². The Morgan fingerprint density at radius 3 is 2.85 bits per heavy atom. The lowest BCUT2D eigenvalue weighted by Gasteiger charge is -2.01. The second-order valence-corrected chi connectivity index (χ2v) is 4.96. The van der Waals surface area contributed by atoms with Crippen LogP contribution in [0.2, 0.25) is 0 Å². The third kappa shape index (κ3) is 2.43. The van der Waals surface area contributed by atoms with Gasteiger partial charge in [0.15, 0.2) is 4.80 Å². The van der Waals surface area contributed by atoms with Crippen molar-refractivity contribution in [2.24, 2.45) is 12.0 Å². The molecule has 0 saturated heterocycles. The number of aryl methyl sites for hydroxylation is 1. The standard InChI is InChI=1S/C13H11N5OS/c1-17-6-7-20-13(17)16-12(19)10-2-3-11(15-8-10)18-5-4-14-9-18/h2-9H,1H3. The van der Waals surface area contributed by atoms with E-state index >= 15 is 0 Å². The highest BCUT2D eigenvalue weighted by Crippen LogP contribution is 2.06. The van der Waals surface area contributed by atoms with Gasteiger partial charge in [-0.15, -0.1) is 11.3 Å². The van der Waals surface area contributed by atoms with Gasteiger partial charge in [-0.05, 0) is 12.1 Å². The molecule has 6 nitrogen and oxygen atoms in total. The number of imidazole rings is 1. The number of hydrogen-bond donors (Lipinski definition) is 0. The predicted molar refractivity (Wildman–Crippen MR) is 74.5 cm³/mol. The second kappa shape index (κ2) is 5.22. The molecule has 3 heterocycles. The number of hydrogen-bond acceptors (Lipinski definition) is 4. The third-order valence-electron chi connectivity index (χ3n) is 2.72. The van der Waals surface area contributed by atoms with Crippen LogP contribution >= 0.6 is 11.3 Å². The normalized spacial score (nSPS) is 11.8. The Labute approximate surface area is 118 Å². The van der Waals surface area contributed by atoms with E-state index < -0.39 is 0 Å².